The van der Waals surface area contributed by atoms with Crippen LogP contribution >= 0.6 is 7.52 Å². The van der Waals surface area contributed by atoms with Gasteiger partial charge in [0.25, 0.3) is 0 Å². The fourth-order valence-electron chi connectivity index (χ4n) is 5.02. The van der Waals surface area contributed by atoms with Crippen LogP contribution in [0.2, 0.25) is 0 Å². The molecular weight excluding hydrogens is 437 g/mol. The molecule has 3 nitrogen and oxygen atoms in total. The number of fused-ring (bicyclic) bond motifs is 3. The van der Waals surface area contributed by atoms with Crippen molar-refractivity contribution < 1.29 is 9.09 Å². The molecule has 1 aromatic heterocycles. The van der Waals surface area contributed by atoms with Gasteiger partial charge in [0.1, 0.15) is 5.52 Å². The van der Waals surface area contributed by atoms with Crippen molar-refractivity contribution in [3.63, 3.8) is 0 Å². The topological polar surface area (TPSA) is 31.2 Å². The molecule has 0 N–H and O–H groups in total. The van der Waals surface area contributed by atoms with Crippen LogP contribution in [-0.4, -0.2) is 4.34 Å². The minimum absolute atomic E-state index is 0.670. The first-order chi connectivity index (χ1) is 16.7. The van der Waals surface area contributed by atoms with Crippen LogP contribution in [0.25, 0.3) is 44.1 Å². The van der Waals surface area contributed by atoms with E-state index in [0.717, 1.165) is 44.1 Å². The minimum Gasteiger partial charge on any atom is -0.423 e. The van der Waals surface area contributed by atoms with Crippen LogP contribution in [0.4, 0.5) is 0 Å². The summed E-state index contributed by atoms with van der Waals surface area (Å²) >= 11 is 0. The molecule has 0 spiro atoms. The fraction of sp³-hybridized carbons (Fsp3) is 0. The first kappa shape index (κ1) is 19.4. The molecular formula is C30H20NO2P. The summed E-state index contributed by atoms with van der Waals surface area (Å²) in [5.41, 5.74) is 6.01. The van der Waals surface area contributed by atoms with E-state index < -0.39 is 7.52 Å². The molecule has 0 fully saturated rings. The molecule has 5 aromatic carbocycles. The molecule has 7 rings (SSSR count). The largest absolute Gasteiger partial charge is 0.423 e. The van der Waals surface area contributed by atoms with Crippen molar-refractivity contribution in [1.29, 1.82) is 0 Å². The lowest BCUT2D eigenvalue weighted by atomic mass is 9.99. The first-order valence-corrected chi connectivity index (χ1v) is 12.9. The molecule has 0 saturated heterocycles. The summed E-state index contributed by atoms with van der Waals surface area (Å²) in [5.74, 6) is 0.670. The van der Waals surface area contributed by atoms with Crippen molar-refractivity contribution in [2.24, 2.45) is 0 Å². The summed E-state index contributed by atoms with van der Waals surface area (Å²) in [4.78, 5) is 0. The molecule has 4 heteroatoms. The quantitative estimate of drug-likeness (QED) is 0.253. The van der Waals surface area contributed by atoms with E-state index in [0.29, 0.717) is 11.1 Å². The molecule has 0 saturated carbocycles. The molecule has 34 heavy (non-hydrogen) atoms. The maximum atomic E-state index is 14.9. The van der Waals surface area contributed by atoms with Crippen LogP contribution in [-0.2, 0) is 4.57 Å². The number of rotatable bonds is 3. The van der Waals surface area contributed by atoms with Crippen molar-refractivity contribution in [2.45, 2.75) is 0 Å². The van der Waals surface area contributed by atoms with Gasteiger partial charge in [0, 0.05) is 10.8 Å². The van der Waals surface area contributed by atoms with E-state index in [1.165, 1.54) is 0 Å². The molecule has 1 aliphatic rings. The third-order valence-corrected chi connectivity index (χ3v) is 8.87. The van der Waals surface area contributed by atoms with Crippen LogP contribution < -0.4 is 9.83 Å². The summed E-state index contributed by atoms with van der Waals surface area (Å²) in [6.45, 7) is 0. The third kappa shape index (κ3) is 2.74. The summed E-state index contributed by atoms with van der Waals surface area (Å²) < 4.78 is 23.2. The lowest BCUT2D eigenvalue weighted by molar-refractivity contribution is 0.499. The monoisotopic (exact) mass is 457 g/mol. The number of hydrogen-bond donors (Lipinski definition) is 0. The zero-order valence-corrected chi connectivity index (χ0v) is 19.2. The van der Waals surface area contributed by atoms with E-state index in [1.54, 1.807) is 0 Å². The molecule has 0 radical (unpaired) electrons. The average molecular weight is 457 g/mol. The van der Waals surface area contributed by atoms with Crippen molar-refractivity contribution in [2.75, 3.05) is 0 Å². The van der Waals surface area contributed by atoms with Crippen LogP contribution in [0.3, 0.4) is 0 Å². The summed E-state index contributed by atoms with van der Waals surface area (Å²) in [7, 11) is -3.46. The summed E-state index contributed by atoms with van der Waals surface area (Å²) in [6.07, 6.45) is 0. The molecule has 162 valence electrons. The second-order valence-corrected chi connectivity index (χ2v) is 10.7. The van der Waals surface area contributed by atoms with Crippen molar-refractivity contribution in [3.8, 4) is 28.0 Å². The Morgan fingerprint density at radius 1 is 0.559 bits per heavy atom. The lowest BCUT2D eigenvalue weighted by Gasteiger charge is -2.18. The Morgan fingerprint density at radius 3 is 1.82 bits per heavy atom. The van der Waals surface area contributed by atoms with Gasteiger partial charge >= 0.3 is 7.52 Å². The maximum Gasteiger partial charge on any atom is 0.378 e. The Morgan fingerprint density at radius 2 is 1.15 bits per heavy atom. The van der Waals surface area contributed by atoms with Gasteiger partial charge < -0.3 is 4.52 Å². The van der Waals surface area contributed by atoms with Crippen LogP contribution in [0, 0.1) is 0 Å². The Labute approximate surface area is 197 Å². The standard InChI is InChI=1S/C30H20NO2P/c32-34(31-28-16-8-7-14-26(28)27-15-9-17-29(33-34)30(27)31)25-19-23(21-10-3-1-4-11-21)18-24(20-25)22-12-5-2-6-13-22/h1-20H. The van der Waals surface area contributed by atoms with Gasteiger partial charge in [-0.2, -0.15) is 0 Å². The van der Waals surface area contributed by atoms with Gasteiger partial charge in [-0.1, -0.05) is 91.0 Å². The SMILES string of the molecule is O=P1(c2cc(-c3ccccc3)cc(-c3ccccc3)c2)Oc2cccc3c4ccccc4n1c23. The van der Waals surface area contributed by atoms with E-state index in [1.807, 2.05) is 83.2 Å². The zero-order valence-electron chi connectivity index (χ0n) is 18.3. The molecule has 0 amide bonds. The molecule has 1 aliphatic heterocycles. The highest BCUT2D eigenvalue weighted by Gasteiger charge is 2.40. The first-order valence-electron chi connectivity index (χ1n) is 11.3. The third-order valence-electron chi connectivity index (χ3n) is 6.58. The van der Waals surface area contributed by atoms with E-state index >= 15 is 0 Å². The van der Waals surface area contributed by atoms with Crippen LogP contribution in [0.1, 0.15) is 0 Å². The second kappa shape index (κ2) is 7.21. The number of nitrogens with zero attached hydrogens (tertiary/aromatic N) is 1. The Hall–Kier alpha value is -4.07. The van der Waals surface area contributed by atoms with Gasteiger partial charge in [0.05, 0.1) is 10.8 Å². The van der Waals surface area contributed by atoms with Gasteiger partial charge in [0.15, 0.2) is 5.75 Å². The van der Waals surface area contributed by atoms with E-state index in [-0.39, 0.29) is 0 Å². The van der Waals surface area contributed by atoms with Crippen LogP contribution in [0.5, 0.6) is 5.75 Å². The van der Waals surface area contributed by atoms with Crippen molar-refractivity contribution >= 4 is 34.6 Å². The number of para-hydroxylation sites is 2. The molecule has 2 heterocycles. The summed E-state index contributed by atoms with van der Waals surface area (Å²) in [5, 5.41) is 2.84. The average Bonchev–Trinajstić information content (AvgIpc) is 3.42. The van der Waals surface area contributed by atoms with Crippen molar-refractivity contribution in [1.82, 2.24) is 4.34 Å². The molecule has 1 atom stereocenters. The molecule has 0 bridgehead atoms. The highest BCUT2D eigenvalue weighted by atomic mass is 31.2. The minimum atomic E-state index is -3.46. The Bertz CT molecular complexity index is 1700. The van der Waals surface area contributed by atoms with Crippen LogP contribution in [0.15, 0.2) is 121 Å². The van der Waals surface area contributed by atoms with Gasteiger partial charge in [-0.3, -0.25) is 4.34 Å². The van der Waals surface area contributed by atoms with Gasteiger partial charge in [-0.05, 0) is 52.6 Å². The lowest BCUT2D eigenvalue weighted by Crippen LogP contribution is -2.13. The van der Waals surface area contributed by atoms with E-state index in [9.17, 15) is 4.57 Å². The maximum absolute atomic E-state index is 14.9. The van der Waals surface area contributed by atoms with Gasteiger partial charge in [-0.25, -0.2) is 4.57 Å². The number of hydrogen-bond acceptors (Lipinski definition) is 2. The highest BCUT2D eigenvalue weighted by molar-refractivity contribution is 7.66. The van der Waals surface area contributed by atoms with E-state index in [2.05, 4.69) is 42.5 Å². The fourth-order valence-corrected chi connectivity index (χ4v) is 7.39. The normalized spacial score (nSPS) is 16.7. The zero-order chi connectivity index (χ0) is 22.7. The molecule has 6 aromatic rings. The molecule has 1 unspecified atom stereocenters. The number of aromatic nitrogens is 1. The predicted octanol–water partition coefficient (Wildman–Crippen LogP) is 7.89. The van der Waals surface area contributed by atoms with Gasteiger partial charge in [-0.15, -0.1) is 0 Å². The van der Waals surface area contributed by atoms with Crippen molar-refractivity contribution in [3.05, 3.63) is 121 Å². The second-order valence-electron chi connectivity index (χ2n) is 8.59. The smallest absolute Gasteiger partial charge is 0.378 e. The van der Waals surface area contributed by atoms with Gasteiger partial charge in [0.2, 0.25) is 0 Å². The summed E-state index contributed by atoms with van der Waals surface area (Å²) in [6, 6.07) is 40.7. The highest BCUT2D eigenvalue weighted by Crippen LogP contribution is 2.60. The predicted molar refractivity (Wildman–Crippen MR) is 140 cm³/mol. The Kier molecular flexibility index (Phi) is 4.12. The number of benzene rings is 5. The molecule has 0 aliphatic carbocycles. The van der Waals surface area contributed by atoms with E-state index in [4.69, 9.17) is 4.52 Å². The Balaban J connectivity index is 1.54.